The molecule has 0 aliphatic rings. The summed E-state index contributed by atoms with van der Waals surface area (Å²) in [7, 11) is 1.63. The fourth-order valence-corrected chi connectivity index (χ4v) is 4.08. The maximum atomic E-state index is 6.19. The molecule has 0 radical (unpaired) electrons. The predicted octanol–water partition coefficient (Wildman–Crippen LogP) is 7.14. The first-order valence-corrected chi connectivity index (χ1v) is 12.5. The first-order valence-electron chi connectivity index (χ1n) is 8.47. The molecule has 0 rings (SSSR count). The van der Waals surface area contributed by atoms with Gasteiger partial charge < -0.3 is 4.43 Å². The van der Waals surface area contributed by atoms with Crippen LogP contribution in [-0.4, -0.2) is 14.0 Å². The second-order valence-electron chi connectivity index (χ2n) is 5.99. The molecule has 1 nitrogen and oxygen atoms in total. The smallest absolute Gasteiger partial charge is 0.392 e. The summed E-state index contributed by atoms with van der Waals surface area (Å²) in [5.41, 5.74) is 0.328. The van der Waals surface area contributed by atoms with Crippen molar-refractivity contribution in [3.8, 4) is 0 Å². The van der Waals surface area contributed by atoms with Crippen molar-refractivity contribution in [3.63, 3.8) is 0 Å². The van der Waals surface area contributed by atoms with Gasteiger partial charge in [0.1, 0.15) is 0 Å². The van der Waals surface area contributed by atoms with Crippen LogP contribution in [-0.2, 0) is 4.43 Å². The quantitative estimate of drug-likeness (QED) is 0.185. The van der Waals surface area contributed by atoms with Crippen LogP contribution in [0.3, 0.4) is 0 Å². The van der Waals surface area contributed by atoms with Crippen LogP contribution < -0.4 is 0 Å². The highest BCUT2D eigenvalue weighted by atomic mass is 35.7. The Balaban J connectivity index is 3.25. The highest BCUT2D eigenvalue weighted by Crippen LogP contribution is 2.34. The molecule has 0 aliphatic carbocycles. The van der Waals surface area contributed by atoms with E-state index in [-0.39, 0.29) is 0 Å². The lowest BCUT2D eigenvalue weighted by molar-refractivity contribution is 0.411. The molecule has 0 saturated carbocycles. The van der Waals surface area contributed by atoms with Crippen LogP contribution in [0.5, 0.6) is 0 Å². The van der Waals surface area contributed by atoms with E-state index in [2.05, 4.69) is 13.8 Å². The van der Waals surface area contributed by atoms with Crippen LogP contribution in [0.1, 0.15) is 90.9 Å². The van der Waals surface area contributed by atoms with Gasteiger partial charge in [0.15, 0.2) is 0 Å². The lowest BCUT2D eigenvalue weighted by Gasteiger charge is -2.21. The molecule has 20 heavy (non-hydrogen) atoms. The van der Waals surface area contributed by atoms with Gasteiger partial charge in [-0.1, -0.05) is 84.5 Å². The van der Waals surface area contributed by atoms with Crippen molar-refractivity contribution in [1.29, 1.82) is 0 Å². The lowest BCUT2D eigenvalue weighted by Crippen LogP contribution is -2.28. The van der Waals surface area contributed by atoms with Gasteiger partial charge in [-0.2, -0.15) is 0 Å². The first kappa shape index (κ1) is 20.8. The average molecular weight is 341 g/mol. The molecule has 0 saturated heterocycles. The SMILES string of the molecule is CCCCCCCCCCCCCC(C)[Si](Cl)(Cl)OC. The van der Waals surface area contributed by atoms with Gasteiger partial charge in [0.2, 0.25) is 0 Å². The number of unbranched alkanes of at least 4 members (excludes halogenated alkanes) is 10. The summed E-state index contributed by atoms with van der Waals surface area (Å²) in [5.74, 6) is 0. The van der Waals surface area contributed by atoms with Crippen LogP contribution in [0.2, 0.25) is 5.54 Å². The molecule has 0 aromatic rings. The number of rotatable bonds is 14. The Morgan fingerprint density at radius 3 is 1.60 bits per heavy atom. The fourth-order valence-electron chi connectivity index (χ4n) is 2.48. The number of halogens is 2. The van der Waals surface area contributed by atoms with Crippen molar-refractivity contribution >= 4 is 29.1 Å². The van der Waals surface area contributed by atoms with Crippen molar-refractivity contribution < 1.29 is 4.43 Å². The second kappa shape index (κ2) is 13.4. The van der Waals surface area contributed by atoms with E-state index in [0.717, 1.165) is 6.42 Å². The van der Waals surface area contributed by atoms with Crippen molar-refractivity contribution in [3.05, 3.63) is 0 Å². The first-order chi connectivity index (χ1) is 9.54. The molecule has 0 bridgehead atoms. The van der Waals surface area contributed by atoms with Gasteiger partial charge in [0, 0.05) is 12.7 Å². The molecule has 1 unspecified atom stereocenters. The summed E-state index contributed by atoms with van der Waals surface area (Å²) in [4.78, 5) is 0. The largest absolute Gasteiger partial charge is 0.395 e. The molecule has 0 aromatic carbocycles. The number of hydrogen-bond acceptors (Lipinski definition) is 1. The van der Waals surface area contributed by atoms with Crippen molar-refractivity contribution in [2.75, 3.05) is 7.11 Å². The molecule has 4 heteroatoms. The van der Waals surface area contributed by atoms with Gasteiger partial charge in [-0.25, -0.2) is 0 Å². The molecule has 0 spiro atoms. The van der Waals surface area contributed by atoms with Gasteiger partial charge in [-0.3, -0.25) is 0 Å². The lowest BCUT2D eigenvalue weighted by atomic mass is 10.0. The molecular weight excluding hydrogens is 307 g/mol. The van der Waals surface area contributed by atoms with Crippen LogP contribution in [0, 0.1) is 0 Å². The zero-order valence-electron chi connectivity index (χ0n) is 13.7. The standard InChI is InChI=1S/C16H34Cl2OSi/c1-4-5-6-7-8-9-10-11-12-13-14-15-16(2)20(17,18)19-3/h16H,4-15H2,1-3H3. The molecule has 0 aromatic heterocycles. The Bertz CT molecular complexity index is 213. The highest BCUT2D eigenvalue weighted by Gasteiger charge is 2.36. The minimum Gasteiger partial charge on any atom is -0.395 e. The Morgan fingerprint density at radius 2 is 1.20 bits per heavy atom. The molecule has 0 fully saturated rings. The second-order valence-corrected chi connectivity index (χ2v) is 12.5. The van der Waals surface area contributed by atoms with E-state index in [9.17, 15) is 0 Å². The van der Waals surface area contributed by atoms with Crippen molar-refractivity contribution in [2.45, 2.75) is 96.4 Å². The van der Waals surface area contributed by atoms with E-state index in [1.807, 2.05) is 0 Å². The maximum Gasteiger partial charge on any atom is 0.392 e. The summed E-state index contributed by atoms with van der Waals surface area (Å²) < 4.78 is 5.22. The van der Waals surface area contributed by atoms with Crippen molar-refractivity contribution in [2.24, 2.45) is 0 Å². The Labute approximate surface area is 137 Å². The van der Waals surface area contributed by atoms with Gasteiger partial charge in [-0.15, -0.1) is 22.2 Å². The minimum atomic E-state index is -2.43. The third-order valence-corrected chi connectivity index (χ3v) is 9.23. The van der Waals surface area contributed by atoms with Gasteiger partial charge in [0.05, 0.1) is 0 Å². The van der Waals surface area contributed by atoms with Gasteiger partial charge in [0.25, 0.3) is 0 Å². The maximum absolute atomic E-state index is 6.19. The van der Waals surface area contributed by atoms with Crippen LogP contribution in [0.15, 0.2) is 0 Å². The summed E-state index contributed by atoms with van der Waals surface area (Å²) in [5, 5.41) is 0. The number of hydrogen-bond donors (Lipinski definition) is 0. The summed E-state index contributed by atoms with van der Waals surface area (Å²) in [6.07, 6.45) is 16.2. The minimum absolute atomic E-state index is 0.328. The van der Waals surface area contributed by atoms with Gasteiger partial charge >= 0.3 is 6.94 Å². The molecule has 0 heterocycles. The average Bonchev–Trinajstić information content (AvgIpc) is 2.44. The van der Waals surface area contributed by atoms with Crippen LogP contribution >= 0.6 is 22.2 Å². The summed E-state index contributed by atoms with van der Waals surface area (Å²) in [6.45, 7) is 1.96. The van der Waals surface area contributed by atoms with E-state index >= 15 is 0 Å². The summed E-state index contributed by atoms with van der Waals surface area (Å²) in [6, 6.07) is 0. The Hall–Kier alpha value is 0.757. The van der Waals surface area contributed by atoms with Crippen LogP contribution in [0.25, 0.3) is 0 Å². The van der Waals surface area contributed by atoms with E-state index in [4.69, 9.17) is 26.6 Å². The third-order valence-electron chi connectivity index (χ3n) is 4.09. The molecule has 0 aliphatic heterocycles. The van der Waals surface area contributed by atoms with Crippen LogP contribution in [0.4, 0.5) is 0 Å². The van der Waals surface area contributed by atoms with E-state index < -0.39 is 6.94 Å². The molecule has 122 valence electrons. The molecule has 0 N–H and O–H groups in total. The van der Waals surface area contributed by atoms with Gasteiger partial charge in [-0.05, 0) is 6.42 Å². The molecular formula is C16H34Cl2OSi. The van der Waals surface area contributed by atoms with E-state index in [1.165, 1.54) is 70.6 Å². The van der Waals surface area contributed by atoms with Crippen molar-refractivity contribution in [1.82, 2.24) is 0 Å². The fraction of sp³-hybridized carbons (Fsp3) is 1.00. The Morgan fingerprint density at radius 1 is 0.800 bits per heavy atom. The molecule has 0 amide bonds. The zero-order valence-corrected chi connectivity index (χ0v) is 16.2. The van der Waals surface area contributed by atoms with E-state index in [0.29, 0.717) is 5.54 Å². The third kappa shape index (κ3) is 11.4. The zero-order chi connectivity index (χ0) is 15.3. The topological polar surface area (TPSA) is 9.23 Å². The van der Waals surface area contributed by atoms with E-state index in [1.54, 1.807) is 7.11 Å². The summed E-state index contributed by atoms with van der Waals surface area (Å²) >= 11 is 12.4. The Kier molecular flexibility index (Phi) is 13.9. The normalized spacial score (nSPS) is 13.7. The molecule has 1 atom stereocenters. The highest BCUT2D eigenvalue weighted by molar-refractivity contribution is 7.42. The predicted molar refractivity (Wildman–Crippen MR) is 95.0 cm³/mol. The monoisotopic (exact) mass is 340 g/mol.